The molecule has 1 aromatic carbocycles. The molecule has 1 aromatic rings. The molecule has 0 radical (unpaired) electrons. The Kier molecular flexibility index (Phi) is 5.03. The number of benzene rings is 1. The lowest BCUT2D eigenvalue weighted by atomic mass is 10.0. The van der Waals surface area contributed by atoms with E-state index in [4.69, 9.17) is 11.6 Å². The van der Waals surface area contributed by atoms with E-state index in [0.717, 1.165) is 6.42 Å². The normalized spacial score (nSPS) is 12.8. The zero-order valence-corrected chi connectivity index (χ0v) is 9.85. The van der Waals surface area contributed by atoms with E-state index in [1.807, 2.05) is 6.92 Å². The molecule has 78 valence electrons. The van der Waals surface area contributed by atoms with E-state index in [2.05, 4.69) is 31.2 Å². The van der Waals surface area contributed by atoms with Crippen LogP contribution in [0.3, 0.4) is 0 Å². The highest BCUT2D eigenvalue weighted by molar-refractivity contribution is 6.20. The molecule has 1 rings (SSSR count). The van der Waals surface area contributed by atoms with Gasteiger partial charge in [0.2, 0.25) is 0 Å². The summed E-state index contributed by atoms with van der Waals surface area (Å²) in [6.07, 6.45) is 4.72. The van der Waals surface area contributed by atoms with Crippen molar-refractivity contribution in [1.29, 1.82) is 0 Å². The van der Waals surface area contributed by atoms with Crippen molar-refractivity contribution in [3.05, 3.63) is 35.4 Å². The fraction of sp³-hybridized carbons (Fsp3) is 0.538. The predicted octanol–water partition coefficient (Wildman–Crippen LogP) is 4.20. The summed E-state index contributed by atoms with van der Waals surface area (Å²) in [5, 5.41) is 0.233. The molecule has 0 heterocycles. The van der Waals surface area contributed by atoms with Gasteiger partial charge in [0.15, 0.2) is 0 Å². The van der Waals surface area contributed by atoms with Crippen molar-refractivity contribution < 1.29 is 0 Å². The molecule has 0 bridgehead atoms. The molecule has 0 saturated heterocycles. The van der Waals surface area contributed by atoms with Crippen LogP contribution in [0.15, 0.2) is 24.3 Å². The first kappa shape index (κ1) is 11.6. The second kappa shape index (κ2) is 6.08. The van der Waals surface area contributed by atoms with Crippen molar-refractivity contribution >= 4 is 11.6 Å². The molecule has 1 unspecified atom stereocenters. The summed E-state index contributed by atoms with van der Waals surface area (Å²) in [4.78, 5) is 0. The fourth-order valence-electron chi connectivity index (χ4n) is 1.55. The third-order valence-electron chi connectivity index (χ3n) is 2.36. The number of hydrogen-bond donors (Lipinski definition) is 0. The quantitative estimate of drug-likeness (QED) is 0.639. The van der Waals surface area contributed by atoms with Gasteiger partial charge in [-0.25, -0.2) is 0 Å². The third-order valence-corrected chi connectivity index (χ3v) is 2.51. The summed E-state index contributed by atoms with van der Waals surface area (Å²) in [5.41, 5.74) is 2.78. The SMILES string of the molecule is CCCCc1ccc(CC(C)Cl)cc1. The Bertz CT molecular complexity index is 248. The van der Waals surface area contributed by atoms with Gasteiger partial charge >= 0.3 is 0 Å². The van der Waals surface area contributed by atoms with Crippen molar-refractivity contribution in [2.45, 2.75) is 44.9 Å². The first-order chi connectivity index (χ1) is 6.72. The molecule has 1 atom stereocenters. The highest BCUT2D eigenvalue weighted by Crippen LogP contribution is 2.11. The Morgan fingerprint density at radius 1 is 1.14 bits per heavy atom. The molecule has 0 spiro atoms. The number of rotatable bonds is 5. The van der Waals surface area contributed by atoms with E-state index in [1.54, 1.807) is 0 Å². The van der Waals surface area contributed by atoms with Crippen LogP contribution in [0.4, 0.5) is 0 Å². The Morgan fingerprint density at radius 2 is 1.71 bits per heavy atom. The number of hydrogen-bond acceptors (Lipinski definition) is 0. The van der Waals surface area contributed by atoms with E-state index in [0.29, 0.717) is 0 Å². The van der Waals surface area contributed by atoms with E-state index >= 15 is 0 Å². The molecule has 0 amide bonds. The third kappa shape index (κ3) is 4.15. The van der Waals surface area contributed by atoms with Gasteiger partial charge in [-0.15, -0.1) is 11.6 Å². The highest BCUT2D eigenvalue weighted by atomic mass is 35.5. The van der Waals surface area contributed by atoms with Crippen molar-refractivity contribution in [3.63, 3.8) is 0 Å². The first-order valence-electron chi connectivity index (χ1n) is 5.44. The molecule has 14 heavy (non-hydrogen) atoms. The zero-order valence-electron chi connectivity index (χ0n) is 9.09. The zero-order chi connectivity index (χ0) is 10.4. The van der Waals surface area contributed by atoms with Gasteiger partial charge in [-0.2, -0.15) is 0 Å². The monoisotopic (exact) mass is 210 g/mol. The van der Waals surface area contributed by atoms with Gasteiger partial charge < -0.3 is 0 Å². The second-order valence-electron chi connectivity index (χ2n) is 3.90. The van der Waals surface area contributed by atoms with Crippen LogP contribution in [-0.4, -0.2) is 5.38 Å². The summed E-state index contributed by atoms with van der Waals surface area (Å²) >= 11 is 5.94. The summed E-state index contributed by atoms with van der Waals surface area (Å²) in [7, 11) is 0. The van der Waals surface area contributed by atoms with E-state index in [9.17, 15) is 0 Å². The molecule has 0 aliphatic carbocycles. The topological polar surface area (TPSA) is 0 Å². The smallest absolute Gasteiger partial charge is 0.0348 e. The van der Waals surface area contributed by atoms with Gasteiger partial charge in [0, 0.05) is 5.38 Å². The van der Waals surface area contributed by atoms with Crippen LogP contribution in [0.25, 0.3) is 0 Å². The van der Waals surface area contributed by atoms with Crippen molar-refractivity contribution in [2.24, 2.45) is 0 Å². The van der Waals surface area contributed by atoms with Gasteiger partial charge in [0.1, 0.15) is 0 Å². The Labute approximate surface area is 92.3 Å². The molecule has 0 nitrogen and oxygen atoms in total. The van der Waals surface area contributed by atoms with Crippen LogP contribution in [0.1, 0.15) is 37.8 Å². The minimum absolute atomic E-state index is 0.233. The van der Waals surface area contributed by atoms with Crippen LogP contribution in [-0.2, 0) is 12.8 Å². The summed E-state index contributed by atoms with van der Waals surface area (Å²) in [6.45, 7) is 4.26. The summed E-state index contributed by atoms with van der Waals surface area (Å²) in [6, 6.07) is 8.85. The van der Waals surface area contributed by atoms with Gasteiger partial charge in [-0.3, -0.25) is 0 Å². The van der Waals surface area contributed by atoms with Crippen LogP contribution in [0.5, 0.6) is 0 Å². The Hall–Kier alpha value is -0.490. The van der Waals surface area contributed by atoms with E-state index < -0.39 is 0 Å². The lowest BCUT2D eigenvalue weighted by Gasteiger charge is -2.04. The fourth-order valence-corrected chi connectivity index (χ4v) is 1.73. The minimum atomic E-state index is 0.233. The number of aryl methyl sites for hydroxylation is 1. The van der Waals surface area contributed by atoms with Crippen molar-refractivity contribution in [3.8, 4) is 0 Å². The first-order valence-corrected chi connectivity index (χ1v) is 5.88. The molecule has 0 aliphatic rings. The maximum atomic E-state index is 5.94. The maximum absolute atomic E-state index is 5.94. The van der Waals surface area contributed by atoms with Crippen LogP contribution < -0.4 is 0 Å². The molecule has 0 fully saturated rings. The summed E-state index contributed by atoms with van der Waals surface area (Å²) in [5.74, 6) is 0. The van der Waals surface area contributed by atoms with Gasteiger partial charge in [-0.1, -0.05) is 37.6 Å². The number of halogens is 1. The predicted molar refractivity (Wildman–Crippen MR) is 64.1 cm³/mol. The lowest BCUT2D eigenvalue weighted by molar-refractivity contribution is 0.794. The maximum Gasteiger partial charge on any atom is 0.0348 e. The summed E-state index contributed by atoms with van der Waals surface area (Å²) < 4.78 is 0. The van der Waals surface area contributed by atoms with Gasteiger partial charge in [-0.05, 0) is 37.3 Å². The van der Waals surface area contributed by atoms with E-state index in [-0.39, 0.29) is 5.38 Å². The molecule has 0 aliphatic heterocycles. The molecule has 0 saturated carbocycles. The standard InChI is InChI=1S/C13H19Cl/c1-3-4-5-12-6-8-13(9-7-12)10-11(2)14/h6-9,11H,3-5,10H2,1-2H3. The molecular weight excluding hydrogens is 192 g/mol. The van der Waals surface area contributed by atoms with Crippen LogP contribution in [0, 0.1) is 0 Å². The second-order valence-corrected chi connectivity index (χ2v) is 4.65. The van der Waals surface area contributed by atoms with Gasteiger partial charge in [0.25, 0.3) is 0 Å². The highest BCUT2D eigenvalue weighted by Gasteiger charge is 1.99. The Balaban J connectivity index is 2.50. The van der Waals surface area contributed by atoms with Gasteiger partial charge in [0.05, 0.1) is 0 Å². The largest absolute Gasteiger partial charge is 0.123 e. The Morgan fingerprint density at radius 3 is 2.21 bits per heavy atom. The number of alkyl halides is 1. The van der Waals surface area contributed by atoms with Crippen molar-refractivity contribution in [2.75, 3.05) is 0 Å². The van der Waals surface area contributed by atoms with Crippen LogP contribution >= 0.6 is 11.6 Å². The lowest BCUT2D eigenvalue weighted by Crippen LogP contribution is -1.97. The molecule has 1 heteroatoms. The van der Waals surface area contributed by atoms with E-state index in [1.165, 1.54) is 30.4 Å². The average molecular weight is 211 g/mol. The van der Waals surface area contributed by atoms with Crippen LogP contribution in [0.2, 0.25) is 0 Å². The number of unbranched alkanes of at least 4 members (excludes halogenated alkanes) is 1. The average Bonchev–Trinajstić information content (AvgIpc) is 2.16. The molecular formula is C13H19Cl. The molecule has 0 N–H and O–H groups in total. The molecule has 0 aromatic heterocycles. The van der Waals surface area contributed by atoms with Crippen molar-refractivity contribution in [1.82, 2.24) is 0 Å². The minimum Gasteiger partial charge on any atom is -0.123 e.